The van der Waals surface area contributed by atoms with Gasteiger partial charge in [-0.3, -0.25) is 4.79 Å². The van der Waals surface area contributed by atoms with E-state index in [1.807, 2.05) is 36.4 Å². The van der Waals surface area contributed by atoms with Crippen molar-refractivity contribution in [2.45, 2.75) is 43.7 Å². The van der Waals surface area contributed by atoms with Crippen LogP contribution < -0.4 is 5.32 Å². The van der Waals surface area contributed by atoms with E-state index in [9.17, 15) is 19.5 Å². The second kappa shape index (κ2) is 12.0. The predicted molar refractivity (Wildman–Crippen MR) is 135 cm³/mol. The van der Waals surface area contributed by atoms with E-state index in [-0.39, 0.29) is 25.4 Å². The van der Waals surface area contributed by atoms with E-state index in [1.165, 1.54) is 11.9 Å². The van der Waals surface area contributed by atoms with Crippen molar-refractivity contribution < 1.29 is 24.2 Å². The second-order valence-corrected chi connectivity index (χ2v) is 8.56. The van der Waals surface area contributed by atoms with Crippen LogP contribution >= 0.6 is 0 Å². The van der Waals surface area contributed by atoms with Crippen molar-refractivity contribution in [3.8, 4) is 11.1 Å². The van der Waals surface area contributed by atoms with E-state index in [4.69, 9.17) is 4.74 Å². The van der Waals surface area contributed by atoms with Gasteiger partial charge in [-0.2, -0.15) is 0 Å². The van der Waals surface area contributed by atoms with Crippen molar-refractivity contribution in [1.29, 1.82) is 0 Å². The van der Waals surface area contributed by atoms with Gasteiger partial charge in [0.25, 0.3) is 0 Å². The Kier molecular flexibility index (Phi) is 8.84. The quantitative estimate of drug-likeness (QED) is 0.432. The first-order valence-electron chi connectivity index (χ1n) is 11.7. The van der Waals surface area contributed by atoms with Gasteiger partial charge < -0.3 is 20.1 Å². The molecule has 2 aromatic carbocycles. The molecule has 0 aliphatic heterocycles. The second-order valence-electron chi connectivity index (χ2n) is 8.56. The zero-order valence-electron chi connectivity index (χ0n) is 20.0. The highest BCUT2D eigenvalue weighted by Gasteiger charge is 2.33. The number of nitrogens with one attached hydrogen (secondary N) is 1. The van der Waals surface area contributed by atoms with Crippen LogP contribution in [0.1, 0.15) is 42.7 Å². The maximum Gasteiger partial charge on any atom is 0.407 e. The lowest BCUT2D eigenvalue weighted by atomic mass is 9.98. The smallest absolute Gasteiger partial charge is 0.407 e. The Morgan fingerprint density at radius 3 is 2.09 bits per heavy atom. The molecule has 0 heterocycles. The molecule has 0 unspecified atom stereocenters. The van der Waals surface area contributed by atoms with Gasteiger partial charge in [0.05, 0.1) is 0 Å². The largest absolute Gasteiger partial charge is 0.480 e. The number of rotatable bonds is 12. The lowest BCUT2D eigenvalue weighted by molar-refractivity contribution is -0.150. The number of hydrogen-bond acceptors (Lipinski definition) is 4. The molecular weight excluding hydrogens is 444 g/mol. The molecule has 7 heteroatoms. The Morgan fingerprint density at radius 2 is 1.54 bits per heavy atom. The first-order valence-corrected chi connectivity index (χ1v) is 11.7. The Balaban J connectivity index is 1.69. The number of alkyl carbamates (subject to hydrolysis) is 1. The van der Waals surface area contributed by atoms with Gasteiger partial charge in [-0.25, -0.2) is 9.59 Å². The number of benzene rings is 2. The third kappa shape index (κ3) is 5.98. The van der Waals surface area contributed by atoms with Crippen molar-refractivity contribution >= 4 is 18.0 Å². The van der Waals surface area contributed by atoms with Gasteiger partial charge in [0.2, 0.25) is 5.91 Å². The van der Waals surface area contributed by atoms with Crippen molar-refractivity contribution in [1.82, 2.24) is 10.2 Å². The third-order valence-electron chi connectivity index (χ3n) is 6.34. The lowest BCUT2D eigenvalue weighted by Gasteiger charge is -2.29. The number of carbonyl (C=O) groups excluding carboxylic acids is 2. The van der Waals surface area contributed by atoms with Crippen molar-refractivity contribution in [2.24, 2.45) is 0 Å². The minimum Gasteiger partial charge on any atom is -0.480 e. The molecule has 2 N–H and O–H groups in total. The number of carbonyl (C=O) groups is 3. The normalized spacial score (nSPS) is 13.6. The Bertz CT molecular complexity index is 1050. The summed E-state index contributed by atoms with van der Waals surface area (Å²) in [5, 5.41) is 12.2. The molecule has 3 rings (SSSR count). The molecule has 2 aromatic rings. The zero-order chi connectivity index (χ0) is 25.4. The molecule has 0 bridgehead atoms. The summed E-state index contributed by atoms with van der Waals surface area (Å²) in [5.41, 5.74) is 4.42. The molecule has 184 valence electrons. The number of nitrogens with zero attached hydrogens (tertiary/aromatic N) is 1. The predicted octanol–water partition coefficient (Wildman–Crippen LogP) is 4.74. The monoisotopic (exact) mass is 476 g/mol. The number of amides is 2. The molecule has 0 fully saturated rings. The van der Waals surface area contributed by atoms with Crippen molar-refractivity contribution in [2.75, 3.05) is 13.7 Å². The number of allylic oxidation sites excluding steroid dienone is 2. The molecule has 0 radical (unpaired) electrons. The maximum absolute atomic E-state index is 13.1. The van der Waals surface area contributed by atoms with E-state index in [1.54, 1.807) is 12.2 Å². The van der Waals surface area contributed by atoms with Crippen molar-refractivity contribution in [3.05, 3.63) is 85.0 Å². The van der Waals surface area contributed by atoms with Gasteiger partial charge in [0.1, 0.15) is 18.7 Å². The SMILES string of the molecule is C=CCC[C@H](NC(=O)OCC1c2ccccc2-c2ccccc21)C(=O)N(C)[C@@H](CCC=C)C(=O)O. The highest BCUT2D eigenvalue weighted by molar-refractivity contribution is 5.89. The fourth-order valence-corrected chi connectivity index (χ4v) is 4.48. The molecule has 0 saturated heterocycles. The number of hydrogen-bond donors (Lipinski definition) is 2. The zero-order valence-corrected chi connectivity index (χ0v) is 20.0. The average molecular weight is 477 g/mol. The Hall–Kier alpha value is -3.87. The highest BCUT2D eigenvalue weighted by atomic mass is 16.5. The first-order chi connectivity index (χ1) is 16.9. The fourth-order valence-electron chi connectivity index (χ4n) is 4.48. The summed E-state index contributed by atoms with van der Waals surface area (Å²) < 4.78 is 5.58. The van der Waals surface area contributed by atoms with Crippen LogP contribution in [-0.2, 0) is 14.3 Å². The number of carboxylic acids is 1. The summed E-state index contributed by atoms with van der Waals surface area (Å²) in [7, 11) is 1.44. The van der Waals surface area contributed by atoms with Gasteiger partial charge >= 0.3 is 12.1 Å². The van der Waals surface area contributed by atoms with Crippen LogP contribution in [0.4, 0.5) is 4.79 Å². The maximum atomic E-state index is 13.1. The molecule has 2 amide bonds. The number of likely N-dealkylation sites (N-methyl/N-ethyl adjacent to an activating group) is 1. The summed E-state index contributed by atoms with van der Waals surface area (Å²) in [5.74, 6) is -1.70. The van der Waals surface area contributed by atoms with Crippen LogP contribution in [0.2, 0.25) is 0 Å². The van der Waals surface area contributed by atoms with Crippen LogP contribution in [-0.4, -0.2) is 53.7 Å². The fraction of sp³-hybridized carbons (Fsp3) is 0.321. The summed E-state index contributed by atoms with van der Waals surface area (Å²) >= 11 is 0. The average Bonchev–Trinajstić information content (AvgIpc) is 3.18. The van der Waals surface area contributed by atoms with E-state index in [2.05, 4.69) is 30.6 Å². The molecule has 35 heavy (non-hydrogen) atoms. The van der Waals surface area contributed by atoms with E-state index in [0.29, 0.717) is 12.8 Å². The lowest BCUT2D eigenvalue weighted by Crippen LogP contribution is -2.52. The van der Waals surface area contributed by atoms with Gasteiger partial charge in [0.15, 0.2) is 0 Å². The molecule has 0 spiro atoms. The van der Waals surface area contributed by atoms with Crippen LogP contribution in [0.5, 0.6) is 0 Å². The standard InChI is InChI=1S/C28H32N2O5/c1-4-6-16-24(26(31)30(3)25(27(32)33)17-7-5-2)29-28(34)35-18-23-21-14-10-8-12-19(21)20-13-9-11-15-22(20)23/h4-5,8-15,23-25H,1-2,6-7,16-18H2,3H3,(H,29,34)(H,32,33)/t24-,25-/m0/s1. The van der Waals surface area contributed by atoms with Gasteiger partial charge in [-0.15, -0.1) is 13.2 Å². The van der Waals surface area contributed by atoms with Crippen LogP contribution in [0, 0.1) is 0 Å². The van der Waals surface area contributed by atoms with Gasteiger partial charge in [-0.1, -0.05) is 60.7 Å². The Labute approximate surface area is 206 Å². The summed E-state index contributed by atoms with van der Waals surface area (Å²) in [6, 6.07) is 14.1. The van der Waals surface area contributed by atoms with E-state index >= 15 is 0 Å². The molecular formula is C28H32N2O5. The molecule has 1 aliphatic carbocycles. The highest BCUT2D eigenvalue weighted by Crippen LogP contribution is 2.44. The number of fused-ring (bicyclic) bond motifs is 3. The minimum atomic E-state index is -1.11. The van der Waals surface area contributed by atoms with Crippen molar-refractivity contribution in [3.63, 3.8) is 0 Å². The molecule has 0 aromatic heterocycles. The molecule has 0 saturated carbocycles. The molecule has 1 aliphatic rings. The van der Waals surface area contributed by atoms with E-state index in [0.717, 1.165) is 22.3 Å². The van der Waals surface area contributed by atoms with Crippen LogP contribution in [0.25, 0.3) is 11.1 Å². The number of ether oxygens (including phenoxy) is 1. The summed E-state index contributed by atoms with van der Waals surface area (Å²) in [4.78, 5) is 38.7. The first kappa shape index (κ1) is 25.7. The Morgan fingerprint density at radius 1 is 1.00 bits per heavy atom. The summed E-state index contributed by atoms with van der Waals surface area (Å²) in [6.07, 6.45) is 3.97. The van der Waals surface area contributed by atoms with Gasteiger partial charge in [-0.05, 0) is 47.9 Å². The van der Waals surface area contributed by atoms with Gasteiger partial charge in [0, 0.05) is 13.0 Å². The minimum absolute atomic E-state index is 0.103. The number of aliphatic carboxylic acids is 1. The summed E-state index contributed by atoms with van der Waals surface area (Å²) in [6.45, 7) is 7.41. The molecule has 2 atom stereocenters. The molecule has 7 nitrogen and oxygen atoms in total. The van der Waals surface area contributed by atoms with Crippen LogP contribution in [0.15, 0.2) is 73.8 Å². The number of carboxylic acid groups (broad SMARTS) is 1. The van der Waals surface area contributed by atoms with Crippen LogP contribution in [0.3, 0.4) is 0 Å². The topological polar surface area (TPSA) is 95.9 Å². The van der Waals surface area contributed by atoms with E-state index < -0.39 is 30.1 Å². The third-order valence-corrected chi connectivity index (χ3v) is 6.34.